The standard InChI is InChI=1S/C15H24N2O4/c1-10(2)7-12(14(18)19)8-16-15(20)17(4)9-13-6-5-11(3)21-13/h5-6,10,12H,7-9H2,1-4H3,(H,16,20)(H,18,19). The molecule has 6 heteroatoms. The van der Waals surface area contributed by atoms with Crippen molar-refractivity contribution in [1.82, 2.24) is 10.2 Å². The Kier molecular flexibility index (Phi) is 6.27. The summed E-state index contributed by atoms with van der Waals surface area (Å²) in [5.41, 5.74) is 0. The molecule has 2 amide bonds. The molecule has 0 bridgehead atoms. The van der Waals surface area contributed by atoms with Crippen molar-refractivity contribution in [1.29, 1.82) is 0 Å². The number of hydrogen-bond acceptors (Lipinski definition) is 3. The zero-order valence-electron chi connectivity index (χ0n) is 13.0. The number of rotatable bonds is 7. The molecule has 0 aliphatic carbocycles. The quantitative estimate of drug-likeness (QED) is 0.809. The molecule has 118 valence electrons. The molecule has 0 fully saturated rings. The highest BCUT2D eigenvalue weighted by Crippen LogP contribution is 2.12. The van der Waals surface area contributed by atoms with Crippen LogP contribution < -0.4 is 5.32 Å². The van der Waals surface area contributed by atoms with E-state index in [4.69, 9.17) is 9.52 Å². The van der Waals surface area contributed by atoms with Gasteiger partial charge in [-0.3, -0.25) is 4.79 Å². The molecule has 1 aromatic rings. The molecule has 21 heavy (non-hydrogen) atoms. The van der Waals surface area contributed by atoms with Crippen molar-refractivity contribution in [3.05, 3.63) is 23.7 Å². The van der Waals surface area contributed by atoms with Crippen molar-refractivity contribution in [3.8, 4) is 0 Å². The predicted octanol–water partition coefficient (Wildman–Crippen LogP) is 2.48. The lowest BCUT2D eigenvalue weighted by atomic mass is 9.97. The van der Waals surface area contributed by atoms with Crippen LogP contribution in [0.2, 0.25) is 0 Å². The number of aryl methyl sites for hydroxylation is 1. The molecule has 0 aliphatic heterocycles. The Labute approximate surface area is 125 Å². The smallest absolute Gasteiger partial charge is 0.317 e. The van der Waals surface area contributed by atoms with Gasteiger partial charge in [-0.05, 0) is 31.4 Å². The number of carbonyl (C=O) groups excluding carboxylic acids is 1. The minimum absolute atomic E-state index is 0.133. The van der Waals surface area contributed by atoms with Crippen molar-refractivity contribution in [2.24, 2.45) is 11.8 Å². The van der Waals surface area contributed by atoms with Gasteiger partial charge in [-0.15, -0.1) is 0 Å². The molecule has 1 rings (SSSR count). The van der Waals surface area contributed by atoms with Gasteiger partial charge in [0, 0.05) is 13.6 Å². The zero-order valence-corrected chi connectivity index (χ0v) is 13.0. The normalized spacial score (nSPS) is 12.2. The molecular formula is C15H24N2O4. The molecular weight excluding hydrogens is 272 g/mol. The van der Waals surface area contributed by atoms with Gasteiger partial charge in [-0.25, -0.2) is 4.79 Å². The van der Waals surface area contributed by atoms with Crippen LogP contribution in [0, 0.1) is 18.8 Å². The third-order valence-electron chi connectivity index (χ3n) is 3.14. The summed E-state index contributed by atoms with van der Waals surface area (Å²) in [6, 6.07) is 3.35. The van der Waals surface area contributed by atoms with Gasteiger partial charge in [0.2, 0.25) is 0 Å². The van der Waals surface area contributed by atoms with Gasteiger partial charge in [-0.1, -0.05) is 13.8 Å². The molecule has 0 saturated carbocycles. The van der Waals surface area contributed by atoms with Crippen molar-refractivity contribution in [2.45, 2.75) is 33.7 Å². The molecule has 0 saturated heterocycles. The SMILES string of the molecule is Cc1ccc(CN(C)C(=O)NCC(CC(C)C)C(=O)O)o1. The minimum atomic E-state index is -0.881. The minimum Gasteiger partial charge on any atom is -0.481 e. The summed E-state index contributed by atoms with van der Waals surface area (Å²) in [5.74, 6) is 0.317. The number of hydrogen-bond donors (Lipinski definition) is 2. The molecule has 0 aromatic carbocycles. The van der Waals surface area contributed by atoms with Crippen LogP contribution >= 0.6 is 0 Å². The van der Waals surface area contributed by atoms with Crippen LogP contribution in [0.15, 0.2) is 16.5 Å². The lowest BCUT2D eigenvalue weighted by Crippen LogP contribution is -2.40. The van der Waals surface area contributed by atoms with Crippen LogP contribution in [0.3, 0.4) is 0 Å². The van der Waals surface area contributed by atoms with Gasteiger partial charge in [0.15, 0.2) is 0 Å². The Morgan fingerprint density at radius 1 is 1.38 bits per heavy atom. The summed E-state index contributed by atoms with van der Waals surface area (Å²) in [6.45, 7) is 6.24. The summed E-state index contributed by atoms with van der Waals surface area (Å²) < 4.78 is 5.40. The number of amides is 2. The molecule has 0 spiro atoms. The molecule has 1 atom stereocenters. The molecule has 1 heterocycles. The van der Waals surface area contributed by atoms with Gasteiger partial charge in [-0.2, -0.15) is 0 Å². The average molecular weight is 296 g/mol. The monoisotopic (exact) mass is 296 g/mol. The number of carboxylic acids is 1. The third kappa shape index (κ3) is 5.89. The third-order valence-corrected chi connectivity index (χ3v) is 3.14. The summed E-state index contributed by atoms with van der Waals surface area (Å²) in [5, 5.41) is 11.8. The fourth-order valence-electron chi connectivity index (χ4n) is 2.06. The first-order chi connectivity index (χ1) is 9.79. The van der Waals surface area contributed by atoms with E-state index in [1.807, 2.05) is 32.9 Å². The van der Waals surface area contributed by atoms with E-state index in [1.54, 1.807) is 7.05 Å². The van der Waals surface area contributed by atoms with Crippen LogP contribution in [-0.4, -0.2) is 35.6 Å². The van der Waals surface area contributed by atoms with Crippen molar-refractivity contribution in [3.63, 3.8) is 0 Å². The van der Waals surface area contributed by atoms with E-state index in [2.05, 4.69) is 5.32 Å². The molecule has 1 aromatic heterocycles. The first kappa shape index (κ1) is 17.1. The van der Waals surface area contributed by atoms with E-state index in [9.17, 15) is 9.59 Å². The molecule has 6 nitrogen and oxygen atoms in total. The van der Waals surface area contributed by atoms with Crippen LogP contribution in [0.5, 0.6) is 0 Å². The summed E-state index contributed by atoms with van der Waals surface area (Å²) in [7, 11) is 1.64. The van der Waals surface area contributed by atoms with Crippen LogP contribution in [-0.2, 0) is 11.3 Å². The highest BCUT2D eigenvalue weighted by Gasteiger charge is 2.20. The fourth-order valence-corrected chi connectivity index (χ4v) is 2.06. The Balaban J connectivity index is 2.45. The second-order valence-electron chi connectivity index (χ2n) is 5.72. The van der Waals surface area contributed by atoms with E-state index >= 15 is 0 Å². The molecule has 0 aliphatic rings. The first-order valence-corrected chi connectivity index (χ1v) is 7.06. The van der Waals surface area contributed by atoms with E-state index < -0.39 is 11.9 Å². The number of furan rings is 1. The highest BCUT2D eigenvalue weighted by molar-refractivity contribution is 5.75. The fraction of sp³-hybridized carbons (Fsp3) is 0.600. The second-order valence-corrected chi connectivity index (χ2v) is 5.72. The largest absolute Gasteiger partial charge is 0.481 e. The Morgan fingerprint density at radius 2 is 2.05 bits per heavy atom. The summed E-state index contributed by atoms with van der Waals surface area (Å²) >= 11 is 0. The predicted molar refractivity (Wildman–Crippen MR) is 78.9 cm³/mol. The van der Waals surface area contributed by atoms with Crippen molar-refractivity contribution < 1.29 is 19.1 Å². The van der Waals surface area contributed by atoms with Crippen LogP contribution in [0.25, 0.3) is 0 Å². The van der Waals surface area contributed by atoms with Crippen LogP contribution in [0.1, 0.15) is 31.8 Å². The summed E-state index contributed by atoms with van der Waals surface area (Å²) in [4.78, 5) is 24.5. The van der Waals surface area contributed by atoms with E-state index in [1.165, 1.54) is 4.90 Å². The number of nitrogens with zero attached hydrogens (tertiary/aromatic N) is 1. The van der Waals surface area contributed by atoms with Gasteiger partial charge >= 0.3 is 12.0 Å². The maximum atomic E-state index is 11.9. The number of carboxylic acid groups (broad SMARTS) is 1. The number of carbonyl (C=O) groups is 2. The number of nitrogens with one attached hydrogen (secondary N) is 1. The van der Waals surface area contributed by atoms with E-state index in [-0.39, 0.29) is 18.5 Å². The average Bonchev–Trinajstić information content (AvgIpc) is 2.78. The van der Waals surface area contributed by atoms with Gasteiger partial charge in [0.25, 0.3) is 0 Å². The van der Waals surface area contributed by atoms with Crippen LogP contribution in [0.4, 0.5) is 4.79 Å². The molecule has 1 unspecified atom stereocenters. The highest BCUT2D eigenvalue weighted by atomic mass is 16.4. The Morgan fingerprint density at radius 3 is 2.52 bits per heavy atom. The lowest BCUT2D eigenvalue weighted by molar-refractivity contribution is -0.142. The van der Waals surface area contributed by atoms with Gasteiger partial charge < -0.3 is 19.7 Å². The van der Waals surface area contributed by atoms with E-state index in [0.29, 0.717) is 18.7 Å². The maximum Gasteiger partial charge on any atom is 0.317 e. The zero-order chi connectivity index (χ0) is 16.0. The van der Waals surface area contributed by atoms with Gasteiger partial charge in [0.05, 0.1) is 12.5 Å². The molecule has 0 radical (unpaired) electrons. The Bertz CT molecular complexity index is 482. The van der Waals surface area contributed by atoms with Crippen molar-refractivity contribution >= 4 is 12.0 Å². The summed E-state index contributed by atoms with van der Waals surface area (Å²) in [6.07, 6.45) is 0.538. The van der Waals surface area contributed by atoms with Gasteiger partial charge in [0.1, 0.15) is 11.5 Å². The topological polar surface area (TPSA) is 82.8 Å². The second kappa shape index (κ2) is 7.71. The maximum absolute atomic E-state index is 11.9. The first-order valence-electron chi connectivity index (χ1n) is 7.06. The number of aliphatic carboxylic acids is 1. The van der Waals surface area contributed by atoms with E-state index in [0.717, 1.165) is 5.76 Å². The lowest BCUT2D eigenvalue weighted by Gasteiger charge is -2.20. The molecule has 2 N–H and O–H groups in total. The van der Waals surface area contributed by atoms with Crippen molar-refractivity contribution in [2.75, 3.05) is 13.6 Å². The number of urea groups is 1. The Hall–Kier alpha value is -1.98.